The number of benzene rings is 1. The molecule has 5 heteroatoms. The van der Waals surface area contributed by atoms with Crippen molar-refractivity contribution in [3.05, 3.63) is 47.5 Å². The van der Waals surface area contributed by atoms with Crippen LogP contribution in [0.1, 0.15) is 23.6 Å². The number of hydrogen-bond donors (Lipinski definition) is 0. The average molecular weight is 223 g/mol. The third kappa shape index (κ3) is 2.08. The van der Waals surface area contributed by atoms with E-state index in [1.807, 2.05) is 30.3 Å². The van der Waals surface area contributed by atoms with E-state index in [0.29, 0.717) is 12.4 Å². The van der Waals surface area contributed by atoms with Crippen LogP contribution in [0.3, 0.4) is 0 Å². The van der Waals surface area contributed by atoms with Crippen LogP contribution >= 0.6 is 0 Å². The summed E-state index contributed by atoms with van der Waals surface area (Å²) in [5, 5.41) is 7.14. The zero-order valence-corrected chi connectivity index (χ0v) is 8.77. The summed E-state index contributed by atoms with van der Waals surface area (Å²) < 4.78 is 26.7. The van der Waals surface area contributed by atoms with Crippen LogP contribution in [0, 0.1) is 6.92 Å². The summed E-state index contributed by atoms with van der Waals surface area (Å²) >= 11 is 0. The van der Waals surface area contributed by atoms with Crippen molar-refractivity contribution in [3.63, 3.8) is 0 Å². The first-order valence-corrected chi connectivity index (χ1v) is 4.90. The molecule has 2 rings (SSSR count). The molecule has 0 unspecified atom stereocenters. The first-order valence-electron chi connectivity index (χ1n) is 4.90. The molecule has 0 spiro atoms. The highest BCUT2D eigenvalue weighted by Crippen LogP contribution is 2.18. The third-order valence-electron chi connectivity index (χ3n) is 2.34. The monoisotopic (exact) mass is 223 g/mol. The van der Waals surface area contributed by atoms with E-state index in [0.717, 1.165) is 5.56 Å². The SMILES string of the molecule is Cc1nnc(C(F)F)n1Cc1ccccc1. The van der Waals surface area contributed by atoms with Crippen molar-refractivity contribution < 1.29 is 8.78 Å². The van der Waals surface area contributed by atoms with Gasteiger partial charge in [-0.3, -0.25) is 0 Å². The summed E-state index contributed by atoms with van der Waals surface area (Å²) in [6.45, 7) is 2.04. The quantitative estimate of drug-likeness (QED) is 0.800. The van der Waals surface area contributed by atoms with Crippen molar-refractivity contribution in [1.29, 1.82) is 0 Å². The zero-order valence-electron chi connectivity index (χ0n) is 8.77. The third-order valence-corrected chi connectivity index (χ3v) is 2.34. The largest absolute Gasteiger partial charge is 0.306 e. The minimum absolute atomic E-state index is 0.277. The Morgan fingerprint density at radius 1 is 1.19 bits per heavy atom. The maximum absolute atomic E-state index is 12.6. The highest BCUT2D eigenvalue weighted by molar-refractivity contribution is 5.16. The van der Waals surface area contributed by atoms with E-state index in [1.54, 1.807) is 6.92 Å². The van der Waals surface area contributed by atoms with Gasteiger partial charge in [0.15, 0.2) is 0 Å². The standard InChI is InChI=1S/C11H11F2N3/c1-8-14-15-11(10(12)13)16(8)7-9-5-3-2-4-6-9/h2-6,10H,7H2,1H3. The molecule has 0 fully saturated rings. The first-order chi connectivity index (χ1) is 7.68. The Kier molecular flexibility index (Phi) is 2.94. The van der Waals surface area contributed by atoms with Crippen LogP contribution in [0.4, 0.5) is 8.78 Å². The lowest BCUT2D eigenvalue weighted by Gasteiger charge is -2.07. The predicted octanol–water partition coefficient (Wildman–Crippen LogP) is 2.57. The van der Waals surface area contributed by atoms with Gasteiger partial charge in [-0.2, -0.15) is 0 Å². The predicted molar refractivity (Wildman–Crippen MR) is 55.3 cm³/mol. The van der Waals surface area contributed by atoms with Gasteiger partial charge in [0.1, 0.15) is 5.82 Å². The molecule has 0 aliphatic carbocycles. The maximum Gasteiger partial charge on any atom is 0.297 e. The van der Waals surface area contributed by atoms with Crippen LogP contribution in [-0.2, 0) is 6.54 Å². The second kappa shape index (κ2) is 4.38. The summed E-state index contributed by atoms with van der Waals surface area (Å²) in [6, 6.07) is 9.40. The van der Waals surface area contributed by atoms with Crippen molar-refractivity contribution in [2.24, 2.45) is 0 Å². The molecule has 0 saturated heterocycles. The number of nitrogens with zero attached hydrogens (tertiary/aromatic N) is 3. The highest BCUT2D eigenvalue weighted by atomic mass is 19.3. The number of alkyl halides is 2. The lowest BCUT2D eigenvalue weighted by Crippen LogP contribution is -2.07. The smallest absolute Gasteiger partial charge is 0.297 e. The molecule has 84 valence electrons. The minimum atomic E-state index is -2.59. The van der Waals surface area contributed by atoms with Crippen LogP contribution in [-0.4, -0.2) is 14.8 Å². The molecule has 0 aliphatic rings. The number of hydrogen-bond acceptors (Lipinski definition) is 2. The fourth-order valence-corrected chi connectivity index (χ4v) is 1.52. The lowest BCUT2D eigenvalue weighted by atomic mass is 10.2. The van der Waals surface area contributed by atoms with E-state index in [2.05, 4.69) is 10.2 Å². The van der Waals surface area contributed by atoms with Crippen molar-refractivity contribution in [3.8, 4) is 0 Å². The Labute approximate surface area is 91.7 Å². The summed E-state index contributed by atoms with van der Waals surface area (Å²) in [4.78, 5) is 0. The maximum atomic E-state index is 12.6. The molecule has 0 amide bonds. The van der Waals surface area contributed by atoms with Gasteiger partial charge in [-0.1, -0.05) is 30.3 Å². The Morgan fingerprint density at radius 3 is 2.50 bits per heavy atom. The summed E-state index contributed by atoms with van der Waals surface area (Å²) in [5.74, 6) is 0.223. The average Bonchev–Trinajstić information content (AvgIpc) is 2.62. The fourth-order valence-electron chi connectivity index (χ4n) is 1.52. The molecule has 1 heterocycles. The molecule has 2 aromatic rings. The number of rotatable bonds is 3. The topological polar surface area (TPSA) is 30.7 Å². The molecule has 0 saturated carbocycles. The molecule has 16 heavy (non-hydrogen) atoms. The Balaban J connectivity index is 2.31. The van der Waals surface area contributed by atoms with Gasteiger partial charge < -0.3 is 4.57 Å². The normalized spacial score (nSPS) is 11.0. The molecule has 0 atom stereocenters. The number of halogens is 2. The molecule has 1 aromatic carbocycles. The van der Waals surface area contributed by atoms with Gasteiger partial charge in [0.25, 0.3) is 6.43 Å². The molecule has 1 aromatic heterocycles. The first kappa shape index (κ1) is 10.7. The van der Waals surface area contributed by atoms with E-state index in [-0.39, 0.29) is 5.82 Å². The molecule has 3 nitrogen and oxygen atoms in total. The molecular formula is C11H11F2N3. The molecule has 0 bridgehead atoms. The second-order valence-corrected chi connectivity index (χ2v) is 3.48. The van der Waals surface area contributed by atoms with Gasteiger partial charge >= 0.3 is 0 Å². The van der Waals surface area contributed by atoms with Gasteiger partial charge in [-0.05, 0) is 12.5 Å². The Bertz CT molecular complexity index is 465. The van der Waals surface area contributed by atoms with Gasteiger partial charge in [0, 0.05) is 0 Å². The minimum Gasteiger partial charge on any atom is -0.306 e. The van der Waals surface area contributed by atoms with Crippen molar-refractivity contribution in [2.75, 3.05) is 0 Å². The zero-order chi connectivity index (χ0) is 11.5. The van der Waals surface area contributed by atoms with E-state index in [9.17, 15) is 8.78 Å². The summed E-state index contributed by atoms with van der Waals surface area (Å²) in [7, 11) is 0. The Morgan fingerprint density at radius 2 is 1.88 bits per heavy atom. The summed E-state index contributed by atoms with van der Waals surface area (Å²) in [6.07, 6.45) is -2.59. The van der Waals surface area contributed by atoms with Crippen molar-refractivity contribution >= 4 is 0 Å². The molecule has 0 radical (unpaired) electrons. The summed E-state index contributed by atoms with van der Waals surface area (Å²) in [5.41, 5.74) is 0.951. The van der Waals surface area contributed by atoms with E-state index >= 15 is 0 Å². The van der Waals surface area contributed by atoms with Crippen LogP contribution < -0.4 is 0 Å². The van der Waals surface area contributed by atoms with Gasteiger partial charge in [-0.25, -0.2) is 8.78 Å². The molecule has 0 N–H and O–H groups in total. The van der Waals surface area contributed by atoms with E-state index in [1.165, 1.54) is 4.57 Å². The van der Waals surface area contributed by atoms with Crippen LogP contribution in [0.5, 0.6) is 0 Å². The van der Waals surface area contributed by atoms with Crippen molar-refractivity contribution in [1.82, 2.24) is 14.8 Å². The highest BCUT2D eigenvalue weighted by Gasteiger charge is 2.17. The van der Waals surface area contributed by atoms with Crippen LogP contribution in [0.25, 0.3) is 0 Å². The lowest BCUT2D eigenvalue weighted by molar-refractivity contribution is 0.135. The van der Waals surface area contributed by atoms with E-state index in [4.69, 9.17) is 0 Å². The van der Waals surface area contributed by atoms with Crippen molar-refractivity contribution in [2.45, 2.75) is 19.9 Å². The number of aryl methyl sites for hydroxylation is 1. The van der Waals surface area contributed by atoms with E-state index < -0.39 is 6.43 Å². The second-order valence-electron chi connectivity index (χ2n) is 3.48. The van der Waals surface area contributed by atoms with Crippen LogP contribution in [0.15, 0.2) is 30.3 Å². The molecular weight excluding hydrogens is 212 g/mol. The van der Waals surface area contributed by atoms with Crippen LogP contribution in [0.2, 0.25) is 0 Å². The van der Waals surface area contributed by atoms with Gasteiger partial charge in [-0.15, -0.1) is 10.2 Å². The Hall–Kier alpha value is -1.78. The fraction of sp³-hybridized carbons (Fsp3) is 0.273. The molecule has 0 aliphatic heterocycles. The van der Waals surface area contributed by atoms with Gasteiger partial charge in [0.05, 0.1) is 6.54 Å². The number of aromatic nitrogens is 3. The van der Waals surface area contributed by atoms with Gasteiger partial charge in [0.2, 0.25) is 5.82 Å².